The molecule has 0 N–H and O–H groups in total. The number of ether oxygens (including phenoxy) is 2. The van der Waals surface area contributed by atoms with Gasteiger partial charge in [-0.3, -0.25) is 4.79 Å². The van der Waals surface area contributed by atoms with Crippen LogP contribution in [0.1, 0.15) is 36.0 Å². The Labute approximate surface area is 143 Å². The molecule has 2 aromatic carbocycles. The van der Waals surface area contributed by atoms with Gasteiger partial charge in [0.05, 0.1) is 19.8 Å². The third-order valence-electron chi connectivity index (χ3n) is 5.00. The summed E-state index contributed by atoms with van der Waals surface area (Å²) in [6.45, 7) is 2.56. The van der Waals surface area contributed by atoms with Crippen molar-refractivity contribution in [2.45, 2.75) is 44.3 Å². The lowest BCUT2D eigenvalue weighted by Gasteiger charge is -2.33. The predicted molar refractivity (Wildman–Crippen MR) is 93.7 cm³/mol. The largest absolute Gasteiger partial charge is 0.468 e. The Bertz CT molecular complexity index is 678. The highest BCUT2D eigenvalue weighted by molar-refractivity contribution is 5.84. The van der Waals surface area contributed by atoms with Crippen LogP contribution in [0, 0.1) is 6.92 Å². The molecular formula is C21H24O3. The van der Waals surface area contributed by atoms with Gasteiger partial charge in [-0.05, 0) is 37.3 Å². The molecule has 126 valence electrons. The minimum atomic E-state index is -0.697. The van der Waals surface area contributed by atoms with Crippen LogP contribution >= 0.6 is 0 Å². The van der Waals surface area contributed by atoms with Crippen LogP contribution in [0.3, 0.4) is 0 Å². The minimum Gasteiger partial charge on any atom is -0.468 e. The fourth-order valence-corrected chi connectivity index (χ4v) is 3.69. The van der Waals surface area contributed by atoms with E-state index in [4.69, 9.17) is 9.47 Å². The van der Waals surface area contributed by atoms with Crippen molar-refractivity contribution in [3.8, 4) is 0 Å². The standard InChI is InChI=1S/C21H24O3/c1-16-10-12-18(13-11-16)21(20(22)23-2)14-6-9-19(21)24-15-17-7-4-3-5-8-17/h3-5,7-8,10-13,19H,6,9,14-15H2,1-2H3. The maximum Gasteiger partial charge on any atom is 0.318 e. The normalized spacial score (nSPS) is 23.2. The molecule has 1 aliphatic carbocycles. The number of rotatable bonds is 5. The van der Waals surface area contributed by atoms with Crippen LogP contribution in [0.2, 0.25) is 0 Å². The molecule has 0 aliphatic heterocycles. The minimum absolute atomic E-state index is 0.159. The first-order valence-electron chi connectivity index (χ1n) is 8.48. The van der Waals surface area contributed by atoms with Gasteiger partial charge in [0.15, 0.2) is 0 Å². The van der Waals surface area contributed by atoms with Crippen molar-refractivity contribution in [3.63, 3.8) is 0 Å². The molecule has 3 rings (SSSR count). The smallest absolute Gasteiger partial charge is 0.318 e. The molecule has 0 heterocycles. The number of benzene rings is 2. The van der Waals surface area contributed by atoms with Gasteiger partial charge in [0.1, 0.15) is 5.41 Å². The Morgan fingerprint density at radius 1 is 1.12 bits per heavy atom. The number of hydrogen-bond acceptors (Lipinski definition) is 3. The van der Waals surface area contributed by atoms with E-state index in [1.165, 1.54) is 12.7 Å². The van der Waals surface area contributed by atoms with Gasteiger partial charge in [0, 0.05) is 0 Å². The number of aryl methyl sites for hydroxylation is 1. The topological polar surface area (TPSA) is 35.5 Å². The lowest BCUT2D eigenvalue weighted by atomic mass is 9.76. The van der Waals surface area contributed by atoms with Crippen LogP contribution in [0.25, 0.3) is 0 Å². The molecule has 2 aromatic rings. The highest BCUT2D eigenvalue weighted by Crippen LogP contribution is 2.44. The van der Waals surface area contributed by atoms with Crippen molar-refractivity contribution >= 4 is 5.97 Å². The maximum atomic E-state index is 12.7. The number of carbonyl (C=O) groups excluding carboxylic acids is 1. The van der Waals surface area contributed by atoms with E-state index in [1.807, 2.05) is 61.5 Å². The quantitative estimate of drug-likeness (QED) is 0.774. The third kappa shape index (κ3) is 3.09. The number of carbonyl (C=O) groups is 1. The highest BCUT2D eigenvalue weighted by Gasteiger charge is 2.52. The molecule has 3 nitrogen and oxygen atoms in total. The molecule has 0 bridgehead atoms. The molecular weight excluding hydrogens is 300 g/mol. The highest BCUT2D eigenvalue weighted by atomic mass is 16.5. The van der Waals surface area contributed by atoms with Crippen molar-refractivity contribution in [1.82, 2.24) is 0 Å². The summed E-state index contributed by atoms with van der Waals surface area (Å²) < 4.78 is 11.4. The van der Waals surface area contributed by atoms with Crippen LogP contribution in [-0.2, 0) is 26.3 Å². The summed E-state index contributed by atoms with van der Waals surface area (Å²) in [5.74, 6) is -0.193. The summed E-state index contributed by atoms with van der Waals surface area (Å²) in [5, 5.41) is 0. The second-order valence-corrected chi connectivity index (χ2v) is 6.51. The zero-order valence-electron chi connectivity index (χ0n) is 14.3. The van der Waals surface area contributed by atoms with Gasteiger partial charge in [-0.25, -0.2) is 0 Å². The van der Waals surface area contributed by atoms with Crippen molar-refractivity contribution in [3.05, 3.63) is 71.3 Å². The van der Waals surface area contributed by atoms with Crippen LogP contribution in [-0.4, -0.2) is 19.2 Å². The first-order valence-corrected chi connectivity index (χ1v) is 8.48. The summed E-state index contributed by atoms with van der Waals surface area (Å²) in [6.07, 6.45) is 2.44. The number of hydrogen-bond donors (Lipinski definition) is 0. The van der Waals surface area contributed by atoms with Crippen LogP contribution in [0.5, 0.6) is 0 Å². The van der Waals surface area contributed by atoms with E-state index in [2.05, 4.69) is 0 Å². The number of methoxy groups -OCH3 is 1. The lowest BCUT2D eigenvalue weighted by Crippen LogP contribution is -2.45. The molecule has 24 heavy (non-hydrogen) atoms. The van der Waals surface area contributed by atoms with E-state index in [0.29, 0.717) is 6.61 Å². The lowest BCUT2D eigenvalue weighted by molar-refractivity contribution is -0.153. The fraction of sp³-hybridized carbons (Fsp3) is 0.381. The van der Waals surface area contributed by atoms with Crippen LogP contribution in [0.15, 0.2) is 54.6 Å². The van der Waals surface area contributed by atoms with Crippen molar-refractivity contribution in [1.29, 1.82) is 0 Å². The SMILES string of the molecule is COC(=O)C1(c2ccc(C)cc2)CCCC1OCc1ccccc1. The van der Waals surface area contributed by atoms with Gasteiger partial charge in [0.25, 0.3) is 0 Å². The number of esters is 1. The Morgan fingerprint density at radius 2 is 1.83 bits per heavy atom. The van der Waals surface area contributed by atoms with Gasteiger partial charge in [-0.15, -0.1) is 0 Å². The molecule has 1 aliphatic rings. The molecule has 0 spiro atoms. The summed E-state index contributed by atoms with van der Waals surface area (Å²) in [5.41, 5.74) is 2.60. The molecule has 0 saturated heterocycles. The van der Waals surface area contributed by atoms with E-state index in [-0.39, 0.29) is 12.1 Å². The zero-order valence-corrected chi connectivity index (χ0v) is 14.3. The zero-order chi connectivity index (χ0) is 17.0. The summed E-state index contributed by atoms with van der Waals surface area (Å²) in [4.78, 5) is 12.7. The van der Waals surface area contributed by atoms with Gasteiger partial charge < -0.3 is 9.47 Å². The molecule has 2 atom stereocenters. The molecule has 0 aromatic heterocycles. The molecule has 1 fully saturated rings. The van der Waals surface area contributed by atoms with E-state index >= 15 is 0 Å². The summed E-state index contributed by atoms with van der Waals surface area (Å²) in [7, 11) is 1.46. The van der Waals surface area contributed by atoms with E-state index in [1.54, 1.807) is 0 Å². The fourth-order valence-electron chi connectivity index (χ4n) is 3.69. The second kappa shape index (κ2) is 7.18. The van der Waals surface area contributed by atoms with Gasteiger partial charge in [-0.2, -0.15) is 0 Å². The third-order valence-corrected chi connectivity index (χ3v) is 5.00. The van der Waals surface area contributed by atoms with E-state index in [0.717, 1.165) is 30.4 Å². The predicted octanol–water partition coefficient (Wildman–Crippen LogP) is 4.18. The first kappa shape index (κ1) is 16.7. The Balaban J connectivity index is 1.88. The molecule has 3 heteroatoms. The van der Waals surface area contributed by atoms with Crippen LogP contribution < -0.4 is 0 Å². The average Bonchev–Trinajstić information content (AvgIpc) is 3.05. The van der Waals surface area contributed by atoms with Gasteiger partial charge in [-0.1, -0.05) is 60.2 Å². The van der Waals surface area contributed by atoms with E-state index < -0.39 is 5.41 Å². The molecule has 0 amide bonds. The summed E-state index contributed by atoms with van der Waals surface area (Å²) >= 11 is 0. The van der Waals surface area contributed by atoms with Crippen molar-refractivity contribution in [2.24, 2.45) is 0 Å². The molecule has 1 saturated carbocycles. The van der Waals surface area contributed by atoms with Crippen LogP contribution in [0.4, 0.5) is 0 Å². The van der Waals surface area contributed by atoms with Gasteiger partial charge >= 0.3 is 5.97 Å². The van der Waals surface area contributed by atoms with Crippen molar-refractivity contribution < 1.29 is 14.3 Å². The average molecular weight is 324 g/mol. The summed E-state index contributed by atoms with van der Waals surface area (Å²) in [6, 6.07) is 18.2. The first-order chi connectivity index (χ1) is 11.7. The Morgan fingerprint density at radius 3 is 2.50 bits per heavy atom. The van der Waals surface area contributed by atoms with Gasteiger partial charge in [0.2, 0.25) is 0 Å². The molecule has 0 radical (unpaired) electrons. The Hall–Kier alpha value is -2.13. The second-order valence-electron chi connectivity index (χ2n) is 6.51. The Kier molecular flexibility index (Phi) is 5.00. The monoisotopic (exact) mass is 324 g/mol. The van der Waals surface area contributed by atoms with Crippen molar-refractivity contribution in [2.75, 3.05) is 7.11 Å². The molecule has 2 unspecified atom stereocenters. The maximum absolute atomic E-state index is 12.7. The van der Waals surface area contributed by atoms with E-state index in [9.17, 15) is 4.79 Å².